The highest BCUT2D eigenvalue weighted by atomic mass is 19.3. The molecule has 1 nitrogen and oxygen atoms in total. The van der Waals surface area contributed by atoms with Crippen LogP contribution >= 0.6 is 0 Å². The number of alkyl halides is 2. The Balaban J connectivity index is 3.11. The molecule has 0 heterocycles. The van der Waals surface area contributed by atoms with E-state index in [4.69, 9.17) is 0 Å². The van der Waals surface area contributed by atoms with Crippen LogP contribution in [0.2, 0.25) is 0 Å². The van der Waals surface area contributed by atoms with E-state index in [-0.39, 0.29) is 12.0 Å². The highest BCUT2D eigenvalue weighted by Crippen LogP contribution is 2.36. The number of rotatable bonds is 4. The average molecular weight is 227 g/mol. The van der Waals surface area contributed by atoms with Crippen molar-refractivity contribution in [2.75, 3.05) is 13.6 Å². The molecule has 0 aliphatic rings. The van der Waals surface area contributed by atoms with E-state index in [1.54, 1.807) is 20.9 Å². The van der Waals surface area contributed by atoms with Crippen molar-refractivity contribution in [3.8, 4) is 0 Å². The fourth-order valence-electron chi connectivity index (χ4n) is 2.16. The lowest BCUT2D eigenvalue weighted by Crippen LogP contribution is -2.23. The lowest BCUT2D eigenvalue weighted by molar-refractivity contribution is -0.0135. The van der Waals surface area contributed by atoms with Gasteiger partial charge in [-0.1, -0.05) is 17.7 Å². The fourth-order valence-corrected chi connectivity index (χ4v) is 2.16. The number of benzene rings is 1. The number of aryl methyl sites for hydroxylation is 3. The van der Waals surface area contributed by atoms with Crippen molar-refractivity contribution in [1.29, 1.82) is 0 Å². The molecule has 0 aliphatic heterocycles. The van der Waals surface area contributed by atoms with Crippen molar-refractivity contribution in [1.82, 2.24) is 5.32 Å². The van der Waals surface area contributed by atoms with Crippen LogP contribution in [0.3, 0.4) is 0 Å². The van der Waals surface area contributed by atoms with Gasteiger partial charge in [-0.3, -0.25) is 0 Å². The van der Waals surface area contributed by atoms with Crippen LogP contribution in [0, 0.1) is 20.8 Å². The Kier molecular flexibility index (Phi) is 4.03. The molecule has 0 saturated heterocycles. The van der Waals surface area contributed by atoms with Gasteiger partial charge in [0.25, 0.3) is 5.92 Å². The minimum atomic E-state index is -2.75. The zero-order chi connectivity index (χ0) is 12.3. The maximum atomic E-state index is 14.0. The molecule has 0 unspecified atom stereocenters. The smallest absolute Gasteiger partial charge is 0.274 e. The van der Waals surface area contributed by atoms with Crippen LogP contribution in [0.15, 0.2) is 12.1 Å². The molecular formula is C13H19F2N. The molecule has 0 aliphatic carbocycles. The molecule has 0 amide bonds. The van der Waals surface area contributed by atoms with Crippen LogP contribution in [0.1, 0.15) is 28.7 Å². The topological polar surface area (TPSA) is 12.0 Å². The SMILES string of the molecule is CNCCC(F)(F)c1c(C)cc(C)cc1C. The standard InChI is InChI=1S/C13H19F2N/c1-9-7-10(2)12(11(3)8-9)13(14,15)5-6-16-4/h7-8,16H,5-6H2,1-4H3. The van der Waals surface area contributed by atoms with Crippen molar-refractivity contribution in [3.05, 3.63) is 34.4 Å². The lowest BCUT2D eigenvalue weighted by atomic mass is 9.93. The van der Waals surface area contributed by atoms with Gasteiger partial charge in [0, 0.05) is 18.5 Å². The van der Waals surface area contributed by atoms with E-state index >= 15 is 0 Å². The molecule has 3 heteroatoms. The first-order valence-electron chi connectivity index (χ1n) is 5.49. The second-order valence-electron chi connectivity index (χ2n) is 4.33. The maximum Gasteiger partial charge on any atom is 0.274 e. The van der Waals surface area contributed by atoms with Crippen molar-refractivity contribution >= 4 is 0 Å². The van der Waals surface area contributed by atoms with Crippen LogP contribution < -0.4 is 5.32 Å². The molecule has 0 radical (unpaired) electrons. The Morgan fingerprint density at radius 3 is 2.06 bits per heavy atom. The Hall–Kier alpha value is -0.960. The highest BCUT2D eigenvalue weighted by molar-refractivity contribution is 5.40. The lowest BCUT2D eigenvalue weighted by Gasteiger charge is -2.21. The Morgan fingerprint density at radius 1 is 1.12 bits per heavy atom. The van der Waals surface area contributed by atoms with Crippen molar-refractivity contribution in [2.45, 2.75) is 33.1 Å². The average Bonchev–Trinajstić information content (AvgIpc) is 2.12. The summed E-state index contributed by atoms with van der Waals surface area (Å²) in [7, 11) is 1.69. The largest absolute Gasteiger partial charge is 0.320 e. The summed E-state index contributed by atoms with van der Waals surface area (Å²) in [4.78, 5) is 0. The number of halogens is 2. The van der Waals surface area contributed by atoms with Gasteiger partial charge in [0.15, 0.2) is 0 Å². The van der Waals surface area contributed by atoms with Gasteiger partial charge in [-0.25, -0.2) is 8.78 Å². The predicted molar refractivity (Wildman–Crippen MR) is 63.1 cm³/mol. The molecule has 1 aromatic rings. The summed E-state index contributed by atoms with van der Waals surface area (Å²) in [5.74, 6) is -2.75. The summed E-state index contributed by atoms with van der Waals surface area (Å²) >= 11 is 0. The monoisotopic (exact) mass is 227 g/mol. The van der Waals surface area contributed by atoms with Gasteiger partial charge in [0.1, 0.15) is 0 Å². The van der Waals surface area contributed by atoms with E-state index in [0.29, 0.717) is 17.7 Å². The summed E-state index contributed by atoms with van der Waals surface area (Å²) in [5, 5.41) is 2.76. The zero-order valence-electron chi connectivity index (χ0n) is 10.3. The molecule has 16 heavy (non-hydrogen) atoms. The molecule has 1 N–H and O–H groups in total. The number of hydrogen-bond donors (Lipinski definition) is 1. The minimum absolute atomic E-state index is 0.158. The molecule has 0 aromatic heterocycles. The third-order valence-electron chi connectivity index (χ3n) is 2.73. The molecule has 0 saturated carbocycles. The number of nitrogens with one attached hydrogen (secondary N) is 1. The third kappa shape index (κ3) is 2.79. The first-order valence-corrected chi connectivity index (χ1v) is 5.49. The van der Waals surface area contributed by atoms with Gasteiger partial charge in [-0.15, -0.1) is 0 Å². The summed E-state index contributed by atoms with van der Waals surface area (Å²) in [5.41, 5.74) is 2.58. The summed E-state index contributed by atoms with van der Waals surface area (Å²) in [6.45, 7) is 5.75. The molecule has 0 spiro atoms. The van der Waals surface area contributed by atoms with E-state index in [2.05, 4.69) is 5.32 Å². The minimum Gasteiger partial charge on any atom is -0.320 e. The first-order chi connectivity index (χ1) is 7.38. The van der Waals surface area contributed by atoms with Crippen molar-refractivity contribution in [2.24, 2.45) is 0 Å². The Morgan fingerprint density at radius 2 is 1.62 bits per heavy atom. The summed E-state index contributed by atoms with van der Waals surface area (Å²) in [6, 6.07) is 3.63. The van der Waals surface area contributed by atoms with E-state index in [1.807, 2.05) is 19.1 Å². The van der Waals surface area contributed by atoms with Crippen molar-refractivity contribution < 1.29 is 8.78 Å². The van der Waals surface area contributed by atoms with E-state index in [9.17, 15) is 8.78 Å². The molecule has 0 atom stereocenters. The molecule has 1 aromatic carbocycles. The molecule has 0 bridgehead atoms. The van der Waals surface area contributed by atoms with Gasteiger partial charge in [0.05, 0.1) is 0 Å². The van der Waals surface area contributed by atoms with E-state index in [0.717, 1.165) is 5.56 Å². The normalized spacial score (nSPS) is 11.9. The molecule has 0 fully saturated rings. The summed E-state index contributed by atoms with van der Waals surface area (Å²) < 4.78 is 27.9. The van der Waals surface area contributed by atoms with Gasteiger partial charge < -0.3 is 5.32 Å². The van der Waals surface area contributed by atoms with Gasteiger partial charge in [-0.05, 0) is 38.9 Å². The third-order valence-corrected chi connectivity index (χ3v) is 2.73. The highest BCUT2D eigenvalue weighted by Gasteiger charge is 2.33. The van der Waals surface area contributed by atoms with Crippen LogP contribution in [0.5, 0.6) is 0 Å². The Bertz CT molecular complexity index is 349. The van der Waals surface area contributed by atoms with Crippen LogP contribution in [-0.4, -0.2) is 13.6 Å². The second-order valence-corrected chi connectivity index (χ2v) is 4.33. The summed E-state index contributed by atoms with van der Waals surface area (Å²) in [6.07, 6.45) is -0.158. The molecule has 90 valence electrons. The van der Waals surface area contributed by atoms with E-state index in [1.165, 1.54) is 0 Å². The van der Waals surface area contributed by atoms with Crippen LogP contribution in [-0.2, 0) is 5.92 Å². The quantitative estimate of drug-likeness (QED) is 0.832. The number of hydrogen-bond acceptors (Lipinski definition) is 1. The first kappa shape index (κ1) is 13.1. The maximum absolute atomic E-state index is 14.0. The van der Waals surface area contributed by atoms with Crippen LogP contribution in [0.25, 0.3) is 0 Å². The zero-order valence-corrected chi connectivity index (χ0v) is 10.3. The fraction of sp³-hybridized carbons (Fsp3) is 0.538. The molecule has 1 rings (SSSR count). The van der Waals surface area contributed by atoms with Gasteiger partial charge >= 0.3 is 0 Å². The molecular weight excluding hydrogens is 208 g/mol. The van der Waals surface area contributed by atoms with Gasteiger partial charge in [-0.2, -0.15) is 0 Å². The predicted octanol–water partition coefficient (Wildman–Crippen LogP) is 3.31. The Labute approximate surface area is 95.9 Å². The second kappa shape index (κ2) is 4.91. The van der Waals surface area contributed by atoms with Crippen molar-refractivity contribution in [3.63, 3.8) is 0 Å². The van der Waals surface area contributed by atoms with E-state index < -0.39 is 5.92 Å². The van der Waals surface area contributed by atoms with Gasteiger partial charge in [0.2, 0.25) is 0 Å². The van der Waals surface area contributed by atoms with Crippen LogP contribution in [0.4, 0.5) is 8.78 Å².